The van der Waals surface area contributed by atoms with Crippen LogP contribution in [0.3, 0.4) is 0 Å². The van der Waals surface area contributed by atoms with Gasteiger partial charge in [-0.15, -0.1) is 0 Å². The third-order valence-corrected chi connectivity index (χ3v) is 5.95. The Kier molecular flexibility index (Phi) is 21.1. The Morgan fingerprint density at radius 2 is 1.31 bits per heavy atom. The van der Waals surface area contributed by atoms with E-state index in [9.17, 15) is 14.3 Å². The minimum Gasteiger partial charge on any atom is -0.458 e. The predicted octanol–water partition coefficient (Wildman–Crippen LogP) is 3.95. The van der Waals surface area contributed by atoms with Gasteiger partial charge in [-0.25, -0.2) is 4.57 Å². The number of carbonyl (C=O) groups is 1. The highest BCUT2D eigenvalue weighted by Crippen LogP contribution is 2.43. The number of phosphoric acid groups is 1. The van der Waals surface area contributed by atoms with Gasteiger partial charge >= 0.3 is 13.8 Å². The Morgan fingerprint density at radius 1 is 0.771 bits per heavy atom. The SMILES string of the molecule is CCCCCCCCCCOCCOCCOCC(COP(=O)(O)OCC[N+](C)(C)C)OC(C)=O. The molecule has 0 amide bonds. The number of phosphoric ester groups is 1. The Labute approximate surface area is 212 Å². The molecule has 0 radical (unpaired) electrons. The van der Waals surface area contributed by atoms with Crippen LogP contribution in [-0.4, -0.2) is 102 Å². The zero-order valence-electron chi connectivity index (χ0n) is 22.7. The fourth-order valence-electron chi connectivity index (χ4n) is 2.99. The Bertz CT molecular complexity index is 558. The average molecular weight is 529 g/mol. The number of carbonyl (C=O) groups excluding carboxylic acids is 1. The second-order valence-corrected chi connectivity index (χ2v) is 11.1. The number of hydrogen-bond acceptors (Lipinski definition) is 8. The summed E-state index contributed by atoms with van der Waals surface area (Å²) in [5, 5.41) is 0. The second kappa shape index (κ2) is 21.5. The molecule has 210 valence electrons. The summed E-state index contributed by atoms with van der Waals surface area (Å²) in [7, 11) is 1.57. The van der Waals surface area contributed by atoms with Crippen molar-refractivity contribution in [2.75, 3.05) is 80.5 Å². The average Bonchev–Trinajstić information content (AvgIpc) is 2.75. The molecule has 0 rings (SSSR count). The molecule has 0 aromatic carbocycles. The fraction of sp³-hybridized carbons (Fsp3) is 0.958. The summed E-state index contributed by atoms with van der Waals surface area (Å²) in [5.41, 5.74) is 0. The molecule has 11 heteroatoms. The van der Waals surface area contributed by atoms with Gasteiger partial charge in [0.05, 0.1) is 60.8 Å². The Hall–Kier alpha value is -0.580. The smallest absolute Gasteiger partial charge is 0.458 e. The van der Waals surface area contributed by atoms with Crippen LogP contribution in [0.5, 0.6) is 0 Å². The van der Waals surface area contributed by atoms with E-state index in [0.717, 1.165) is 13.0 Å². The number of hydrogen-bond donors (Lipinski definition) is 1. The molecule has 0 bridgehead atoms. The first kappa shape index (κ1) is 34.4. The van der Waals surface area contributed by atoms with Crippen molar-refractivity contribution in [3.05, 3.63) is 0 Å². The first-order valence-electron chi connectivity index (χ1n) is 12.9. The standard InChI is InChI=1S/C24H50NO9P/c1-6-7-8-9-10-11-12-13-15-29-17-18-30-19-20-31-21-24(34-23(2)26)22-33-35(27,28)32-16-14-25(3,4)5/h24H,6-22H2,1-5H3/p+1. The number of quaternary nitrogens is 1. The van der Waals surface area contributed by atoms with Gasteiger partial charge in [-0.1, -0.05) is 51.9 Å². The molecular weight excluding hydrogens is 477 g/mol. The van der Waals surface area contributed by atoms with Crippen LogP contribution in [0.2, 0.25) is 0 Å². The second-order valence-electron chi connectivity index (χ2n) is 9.62. The van der Waals surface area contributed by atoms with Crippen LogP contribution in [0.1, 0.15) is 65.2 Å². The Balaban J connectivity index is 3.77. The molecule has 0 aliphatic carbocycles. The van der Waals surface area contributed by atoms with Crippen molar-refractivity contribution in [2.24, 2.45) is 0 Å². The van der Waals surface area contributed by atoms with Gasteiger partial charge in [-0.05, 0) is 6.42 Å². The van der Waals surface area contributed by atoms with Gasteiger partial charge in [-0.3, -0.25) is 13.8 Å². The maximum Gasteiger partial charge on any atom is 0.472 e. The summed E-state index contributed by atoms with van der Waals surface area (Å²) in [5.74, 6) is -0.536. The predicted molar refractivity (Wildman–Crippen MR) is 135 cm³/mol. The van der Waals surface area contributed by atoms with Gasteiger partial charge in [0.1, 0.15) is 19.3 Å². The van der Waals surface area contributed by atoms with Crippen LogP contribution in [0, 0.1) is 0 Å². The number of esters is 1. The lowest BCUT2D eigenvalue weighted by atomic mass is 10.1. The first-order valence-corrected chi connectivity index (χ1v) is 14.4. The minimum atomic E-state index is -4.25. The van der Waals surface area contributed by atoms with Crippen molar-refractivity contribution in [3.8, 4) is 0 Å². The molecule has 0 aliphatic heterocycles. The fourth-order valence-corrected chi connectivity index (χ4v) is 3.73. The summed E-state index contributed by atoms with van der Waals surface area (Å²) in [6.45, 7) is 6.20. The van der Waals surface area contributed by atoms with E-state index in [4.69, 9.17) is 28.0 Å². The summed E-state index contributed by atoms with van der Waals surface area (Å²) in [4.78, 5) is 21.1. The lowest BCUT2D eigenvalue weighted by molar-refractivity contribution is -0.870. The van der Waals surface area contributed by atoms with Crippen molar-refractivity contribution in [3.63, 3.8) is 0 Å². The maximum absolute atomic E-state index is 12.0. The molecule has 0 heterocycles. The first-order chi connectivity index (χ1) is 16.6. The summed E-state index contributed by atoms with van der Waals surface area (Å²) >= 11 is 0. The number of unbranched alkanes of at least 4 members (excludes halogenated alkanes) is 7. The van der Waals surface area contributed by atoms with Crippen molar-refractivity contribution in [1.29, 1.82) is 0 Å². The number of nitrogens with zero attached hydrogens (tertiary/aromatic N) is 1. The van der Waals surface area contributed by atoms with Gasteiger partial charge in [-0.2, -0.15) is 0 Å². The van der Waals surface area contributed by atoms with Gasteiger partial charge in [0.2, 0.25) is 0 Å². The largest absolute Gasteiger partial charge is 0.472 e. The van der Waals surface area contributed by atoms with Crippen LogP contribution >= 0.6 is 7.82 Å². The van der Waals surface area contributed by atoms with E-state index in [1.165, 1.54) is 51.9 Å². The molecule has 0 spiro atoms. The van der Waals surface area contributed by atoms with Crippen LogP contribution in [0.4, 0.5) is 0 Å². The molecular formula is C24H51NO9P+. The van der Waals surface area contributed by atoms with Crippen molar-refractivity contribution >= 4 is 13.8 Å². The van der Waals surface area contributed by atoms with E-state index in [1.807, 2.05) is 21.1 Å². The van der Waals surface area contributed by atoms with Crippen LogP contribution < -0.4 is 0 Å². The third-order valence-electron chi connectivity index (χ3n) is 4.96. The molecule has 10 nitrogen and oxygen atoms in total. The van der Waals surface area contributed by atoms with Gasteiger partial charge in [0.15, 0.2) is 0 Å². The van der Waals surface area contributed by atoms with Crippen LogP contribution in [0.25, 0.3) is 0 Å². The van der Waals surface area contributed by atoms with Crippen molar-refractivity contribution in [1.82, 2.24) is 0 Å². The highest BCUT2D eigenvalue weighted by Gasteiger charge is 2.25. The van der Waals surface area contributed by atoms with E-state index < -0.39 is 19.9 Å². The van der Waals surface area contributed by atoms with Gasteiger partial charge < -0.3 is 28.3 Å². The maximum atomic E-state index is 12.0. The molecule has 1 N–H and O–H groups in total. The molecule has 2 unspecified atom stereocenters. The van der Waals surface area contributed by atoms with E-state index in [0.29, 0.717) is 30.8 Å². The summed E-state index contributed by atoms with van der Waals surface area (Å²) in [6.07, 6.45) is 9.38. The van der Waals surface area contributed by atoms with E-state index >= 15 is 0 Å². The number of likely N-dealkylation sites (N-methyl/N-ethyl adjacent to an activating group) is 1. The van der Waals surface area contributed by atoms with E-state index in [2.05, 4.69) is 6.92 Å². The van der Waals surface area contributed by atoms with Crippen LogP contribution in [0.15, 0.2) is 0 Å². The van der Waals surface area contributed by atoms with Gasteiger partial charge in [0.25, 0.3) is 0 Å². The monoisotopic (exact) mass is 528 g/mol. The zero-order chi connectivity index (χ0) is 26.4. The molecule has 0 aliphatic rings. The van der Waals surface area contributed by atoms with E-state index in [1.54, 1.807) is 0 Å². The quantitative estimate of drug-likeness (QED) is 0.0815. The molecule has 0 aromatic rings. The summed E-state index contributed by atoms with van der Waals surface area (Å²) in [6, 6.07) is 0. The normalized spacial score (nSPS) is 14.6. The highest BCUT2D eigenvalue weighted by atomic mass is 31.2. The lowest BCUT2D eigenvalue weighted by Crippen LogP contribution is -2.37. The lowest BCUT2D eigenvalue weighted by Gasteiger charge is -2.24. The van der Waals surface area contributed by atoms with E-state index in [-0.39, 0.29) is 26.4 Å². The number of rotatable bonds is 25. The summed E-state index contributed by atoms with van der Waals surface area (Å²) < 4.78 is 44.1. The molecule has 0 saturated heterocycles. The molecule has 0 aromatic heterocycles. The molecule has 35 heavy (non-hydrogen) atoms. The molecule has 2 atom stereocenters. The Morgan fingerprint density at radius 3 is 1.89 bits per heavy atom. The minimum absolute atomic E-state index is 0.0107. The van der Waals surface area contributed by atoms with Crippen molar-refractivity contribution < 1.29 is 46.7 Å². The van der Waals surface area contributed by atoms with Crippen molar-refractivity contribution in [2.45, 2.75) is 71.3 Å². The number of ether oxygens (including phenoxy) is 4. The highest BCUT2D eigenvalue weighted by molar-refractivity contribution is 7.47. The molecule has 0 saturated carbocycles. The van der Waals surface area contributed by atoms with Gasteiger partial charge in [0, 0.05) is 13.5 Å². The third kappa shape index (κ3) is 26.3. The zero-order valence-corrected chi connectivity index (χ0v) is 23.6. The topological polar surface area (TPSA) is 110 Å². The molecule has 0 fully saturated rings. The van der Waals surface area contributed by atoms with Crippen LogP contribution in [-0.2, 0) is 37.4 Å².